The summed E-state index contributed by atoms with van der Waals surface area (Å²) in [5, 5.41) is 0. The Labute approximate surface area is 152 Å². The molecule has 134 valence electrons. The van der Waals surface area contributed by atoms with Crippen molar-refractivity contribution in [3.63, 3.8) is 0 Å². The van der Waals surface area contributed by atoms with Crippen LogP contribution in [0.25, 0.3) is 11.5 Å². The molecule has 1 aromatic carbocycles. The molecule has 6 heteroatoms. The summed E-state index contributed by atoms with van der Waals surface area (Å²) in [5.74, 6) is 1.82. The first-order valence-electron chi connectivity index (χ1n) is 8.41. The maximum absolute atomic E-state index is 12.9. The fraction of sp³-hybridized carbons (Fsp3) is 0.250. The van der Waals surface area contributed by atoms with Gasteiger partial charge in [0.1, 0.15) is 29.7 Å². The van der Waals surface area contributed by atoms with Gasteiger partial charge in [0.15, 0.2) is 5.82 Å². The normalized spacial score (nSPS) is 10.6. The zero-order valence-corrected chi connectivity index (χ0v) is 15.1. The number of likely N-dealkylation sites (N-methyl/N-ethyl adjacent to an activating group) is 1. The summed E-state index contributed by atoms with van der Waals surface area (Å²) in [6, 6.07) is 11.7. The van der Waals surface area contributed by atoms with Gasteiger partial charge in [0, 0.05) is 24.5 Å². The molecule has 0 N–H and O–H groups in total. The highest BCUT2D eigenvalue weighted by molar-refractivity contribution is 5.57. The van der Waals surface area contributed by atoms with Crippen LogP contribution in [0, 0.1) is 19.7 Å². The second-order valence-electron chi connectivity index (χ2n) is 6.02. The van der Waals surface area contributed by atoms with Crippen molar-refractivity contribution in [1.82, 2.24) is 15.0 Å². The summed E-state index contributed by atoms with van der Waals surface area (Å²) in [6.45, 7) is 5.07. The molecule has 0 saturated carbocycles. The van der Waals surface area contributed by atoms with Crippen molar-refractivity contribution in [1.29, 1.82) is 0 Å². The number of nitrogens with zero attached hydrogens (tertiary/aromatic N) is 4. The van der Waals surface area contributed by atoms with Crippen LogP contribution in [0.4, 0.5) is 10.2 Å². The SMILES string of the molecule is Cc1nc(-c2ccccn2)nc(N(C)CCOc2ccc(F)cc2)c1C. The first-order chi connectivity index (χ1) is 12.5. The summed E-state index contributed by atoms with van der Waals surface area (Å²) >= 11 is 0. The minimum absolute atomic E-state index is 0.274. The number of aryl methyl sites for hydroxylation is 1. The maximum Gasteiger partial charge on any atom is 0.180 e. The molecule has 0 atom stereocenters. The zero-order chi connectivity index (χ0) is 18.5. The first-order valence-corrected chi connectivity index (χ1v) is 8.41. The van der Waals surface area contributed by atoms with Gasteiger partial charge >= 0.3 is 0 Å². The summed E-state index contributed by atoms with van der Waals surface area (Å²) in [7, 11) is 1.96. The van der Waals surface area contributed by atoms with E-state index in [2.05, 4.69) is 15.0 Å². The molecule has 0 unspecified atom stereocenters. The van der Waals surface area contributed by atoms with Gasteiger partial charge in [-0.1, -0.05) is 6.07 Å². The molecule has 0 aliphatic heterocycles. The van der Waals surface area contributed by atoms with Gasteiger partial charge in [-0.05, 0) is 50.2 Å². The third-order valence-corrected chi connectivity index (χ3v) is 4.13. The average molecular weight is 352 g/mol. The number of ether oxygens (including phenoxy) is 1. The zero-order valence-electron chi connectivity index (χ0n) is 15.1. The largest absolute Gasteiger partial charge is 0.492 e. The minimum Gasteiger partial charge on any atom is -0.492 e. The van der Waals surface area contributed by atoms with E-state index in [9.17, 15) is 4.39 Å². The minimum atomic E-state index is -0.274. The van der Waals surface area contributed by atoms with Crippen molar-refractivity contribution >= 4 is 5.82 Å². The molecule has 0 spiro atoms. The Morgan fingerprint density at radius 1 is 1.04 bits per heavy atom. The van der Waals surface area contributed by atoms with Crippen LogP contribution in [0.3, 0.4) is 0 Å². The second-order valence-corrected chi connectivity index (χ2v) is 6.02. The monoisotopic (exact) mass is 352 g/mol. The number of hydrogen-bond acceptors (Lipinski definition) is 5. The Morgan fingerprint density at radius 3 is 2.50 bits per heavy atom. The van der Waals surface area contributed by atoms with Crippen LogP contribution < -0.4 is 9.64 Å². The van der Waals surface area contributed by atoms with Gasteiger partial charge in [-0.2, -0.15) is 0 Å². The summed E-state index contributed by atoms with van der Waals surface area (Å²) in [6.07, 6.45) is 1.73. The van der Waals surface area contributed by atoms with E-state index in [4.69, 9.17) is 4.74 Å². The van der Waals surface area contributed by atoms with Crippen molar-refractivity contribution < 1.29 is 9.13 Å². The molecule has 0 radical (unpaired) electrons. The average Bonchev–Trinajstić information content (AvgIpc) is 2.66. The van der Waals surface area contributed by atoms with E-state index >= 15 is 0 Å². The van der Waals surface area contributed by atoms with Crippen LogP contribution in [0.1, 0.15) is 11.3 Å². The van der Waals surface area contributed by atoms with Crippen LogP contribution in [0.5, 0.6) is 5.75 Å². The third kappa shape index (κ3) is 4.14. The molecule has 3 aromatic rings. The fourth-order valence-electron chi connectivity index (χ4n) is 2.53. The molecular formula is C20H21FN4O. The Morgan fingerprint density at radius 2 is 1.81 bits per heavy atom. The second kappa shape index (κ2) is 7.91. The standard InChI is InChI=1S/C20H21FN4O/c1-14-15(2)23-19(18-6-4-5-11-22-18)24-20(14)25(3)12-13-26-17-9-7-16(21)8-10-17/h4-11H,12-13H2,1-3H3. The first kappa shape index (κ1) is 17.8. The van der Waals surface area contributed by atoms with Crippen molar-refractivity contribution in [2.24, 2.45) is 0 Å². The molecule has 2 heterocycles. The van der Waals surface area contributed by atoms with Crippen molar-refractivity contribution in [2.45, 2.75) is 13.8 Å². The van der Waals surface area contributed by atoms with Crippen LogP contribution in [-0.4, -0.2) is 35.2 Å². The predicted octanol–water partition coefficient (Wildman–Crippen LogP) is 3.81. The van der Waals surface area contributed by atoms with E-state index in [1.165, 1.54) is 12.1 Å². The lowest BCUT2D eigenvalue weighted by atomic mass is 10.2. The molecule has 26 heavy (non-hydrogen) atoms. The van der Waals surface area contributed by atoms with E-state index in [-0.39, 0.29) is 5.82 Å². The Bertz CT molecular complexity index is 869. The number of halogens is 1. The predicted molar refractivity (Wildman–Crippen MR) is 99.9 cm³/mol. The molecule has 2 aromatic heterocycles. The molecule has 5 nitrogen and oxygen atoms in total. The van der Waals surface area contributed by atoms with E-state index in [0.29, 0.717) is 24.7 Å². The van der Waals surface area contributed by atoms with Crippen molar-refractivity contribution in [2.75, 3.05) is 25.1 Å². The number of aromatic nitrogens is 3. The number of benzene rings is 1. The summed E-state index contributed by atoms with van der Waals surface area (Å²) < 4.78 is 18.6. The Kier molecular flexibility index (Phi) is 5.41. The fourth-order valence-corrected chi connectivity index (χ4v) is 2.53. The Hall–Kier alpha value is -3.02. The van der Waals surface area contributed by atoms with E-state index in [0.717, 1.165) is 22.8 Å². The van der Waals surface area contributed by atoms with Gasteiger partial charge in [-0.15, -0.1) is 0 Å². The molecule has 0 bridgehead atoms. The number of rotatable bonds is 6. The third-order valence-electron chi connectivity index (χ3n) is 4.13. The molecule has 0 aliphatic carbocycles. The van der Waals surface area contributed by atoms with E-state index in [1.807, 2.05) is 44.0 Å². The number of anilines is 1. The van der Waals surface area contributed by atoms with Gasteiger partial charge in [-0.3, -0.25) is 4.98 Å². The van der Waals surface area contributed by atoms with Gasteiger partial charge in [-0.25, -0.2) is 14.4 Å². The van der Waals surface area contributed by atoms with E-state index < -0.39 is 0 Å². The number of pyridine rings is 1. The lowest BCUT2D eigenvalue weighted by molar-refractivity contribution is 0.325. The van der Waals surface area contributed by atoms with E-state index in [1.54, 1.807) is 18.3 Å². The highest BCUT2D eigenvalue weighted by Gasteiger charge is 2.14. The molecule has 0 saturated heterocycles. The van der Waals surface area contributed by atoms with Crippen LogP contribution >= 0.6 is 0 Å². The maximum atomic E-state index is 12.9. The highest BCUT2D eigenvalue weighted by atomic mass is 19.1. The van der Waals surface area contributed by atoms with Gasteiger partial charge < -0.3 is 9.64 Å². The smallest absolute Gasteiger partial charge is 0.180 e. The number of hydrogen-bond donors (Lipinski definition) is 0. The quantitative estimate of drug-likeness (QED) is 0.675. The molecule has 3 rings (SSSR count). The topological polar surface area (TPSA) is 51.1 Å². The molecule has 0 fully saturated rings. The van der Waals surface area contributed by atoms with Gasteiger partial charge in [0.2, 0.25) is 0 Å². The lowest BCUT2D eigenvalue weighted by Crippen LogP contribution is -2.26. The van der Waals surface area contributed by atoms with Crippen LogP contribution in [0.15, 0.2) is 48.7 Å². The van der Waals surface area contributed by atoms with Crippen molar-refractivity contribution in [3.8, 4) is 17.3 Å². The highest BCUT2D eigenvalue weighted by Crippen LogP contribution is 2.22. The van der Waals surface area contributed by atoms with Crippen LogP contribution in [0.2, 0.25) is 0 Å². The summed E-state index contributed by atoms with van der Waals surface area (Å²) in [4.78, 5) is 15.6. The lowest BCUT2D eigenvalue weighted by Gasteiger charge is -2.21. The summed E-state index contributed by atoms with van der Waals surface area (Å²) in [5.41, 5.74) is 2.68. The molecule has 0 amide bonds. The molecule has 0 aliphatic rings. The molecular weight excluding hydrogens is 331 g/mol. The van der Waals surface area contributed by atoms with Crippen LogP contribution in [-0.2, 0) is 0 Å². The van der Waals surface area contributed by atoms with Crippen molar-refractivity contribution in [3.05, 3.63) is 65.7 Å². The van der Waals surface area contributed by atoms with Gasteiger partial charge in [0.05, 0.1) is 6.54 Å². The Balaban J connectivity index is 1.73. The van der Waals surface area contributed by atoms with Gasteiger partial charge in [0.25, 0.3) is 0 Å².